The lowest BCUT2D eigenvalue weighted by molar-refractivity contribution is 0.547. The molecule has 0 unspecified atom stereocenters. The molecule has 0 bridgehead atoms. The van der Waals surface area contributed by atoms with Crippen LogP contribution in [0.25, 0.3) is 11.0 Å². The maximum absolute atomic E-state index is 14.1. The number of hydrogen-bond acceptors (Lipinski definition) is 3. The number of nitrogens with one attached hydrogen (secondary N) is 1. The first-order valence-corrected chi connectivity index (χ1v) is 9.62. The fourth-order valence-electron chi connectivity index (χ4n) is 2.78. The van der Waals surface area contributed by atoms with Gasteiger partial charge in [0.1, 0.15) is 17.2 Å². The van der Waals surface area contributed by atoms with Crippen LogP contribution in [0, 0.1) is 5.82 Å². The predicted octanol–water partition coefficient (Wildman–Crippen LogP) is 3.89. The molecule has 0 radical (unpaired) electrons. The van der Waals surface area contributed by atoms with Crippen molar-refractivity contribution in [3.8, 4) is 0 Å². The summed E-state index contributed by atoms with van der Waals surface area (Å²) in [6.45, 7) is 4.01. The maximum atomic E-state index is 14.1. The normalized spacial score (nSPS) is 13.3. The Hall–Kier alpha value is -1.96. The van der Waals surface area contributed by atoms with Crippen LogP contribution in [-0.2, 0) is 16.6 Å². The first kappa shape index (κ1) is 17.8. The molecular formula is C17H17ClFN3O2S. The van der Waals surface area contributed by atoms with Crippen LogP contribution in [0.1, 0.15) is 25.7 Å². The Bertz CT molecular complexity index is 1020. The van der Waals surface area contributed by atoms with Gasteiger partial charge < -0.3 is 4.57 Å². The fraction of sp³-hybridized carbons (Fsp3) is 0.235. The van der Waals surface area contributed by atoms with Crippen LogP contribution < -0.4 is 4.72 Å². The van der Waals surface area contributed by atoms with Gasteiger partial charge in [0.15, 0.2) is 0 Å². The summed E-state index contributed by atoms with van der Waals surface area (Å²) in [5.41, 5.74) is 0.868. The number of aryl methyl sites for hydroxylation is 1. The van der Waals surface area contributed by atoms with Crippen LogP contribution in [-0.4, -0.2) is 18.0 Å². The predicted molar refractivity (Wildman–Crippen MR) is 95.6 cm³/mol. The van der Waals surface area contributed by atoms with Crippen LogP contribution in [0.4, 0.5) is 4.39 Å². The molecule has 0 fully saturated rings. The SMILES string of the molecule is CCn1c([C@@H](C)NS(=O)(=O)c2ccc(Cl)cc2)nc2cccc(F)c21. The second-order valence-electron chi connectivity index (χ2n) is 5.62. The van der Waals surface area contributed by atoms with E-state index < -0.39 is 16.1 Å². The lowest BCUT2D eigenvalue weighted by Gasteiger charge is -2.15. The first-order valence-electron chi connectivity index (χ1n) is 7.76. The molecule has 25 heavy (non-hydrogen) atoms. The Morgan fingerprint density at radius 1 is 1.24 bits per heavy atom. The molecule has 1 aromatic heterocycles. The third-order valence-electron chi connectivity index (χ3n) is 3.91. The first-order chi connectivity index (χ1) is 11.8. The van der Waals surface area contributed by atoms with E-state index in [0.717, 1.165) is 0 Å². The zero-order valence-electron chi connectivity index (χ0n) is 13.7. The smallest absolute Gasteiger partial charge is 0.241 e. The van der Waals surface area contributed by atoms with Crippen molar-refractivity contribution in [2.45, 2.75) is 31.3 Å². The zero-order valence-corrected chi connectivity index (χ0v) is 15.3. The van der Waals surface area contributed by atoms with Gasteiger partial charge in [-0.25, -0.2) is 22.5 Å². The summed E-state index contributed by atoms with van der Waals surface area (Å²) in [7, 11) is -3.75. The third kappa shape index (κ3) is 3.40. The average molecular weight is 382 g/mol. The molecular weight excluding hydrogens is 365 g/mol. The van der Waals surface area contributed by atoms with Gasteiger partial charge in [-0.3, -0.25) is 0 Å². The number of hydrogen-bond donors (Lipinski definition) is 1. The highest BCUT2D eigenvalue weighted by Crippen LogP contribution is 2.24. The van der Waals surface area contributed by atoms with Crippen molar-refractivity contribution in [2.75, 3.05) is 0 Å². The van der Waals surface area contributed by atoms with Gasteiger partial charge >= 0.3 is 0 Å². The molecule has 1 N–H and O–H groups in total. The summed E-state index contributed by atoms with van der Waals surface area (Å²) in [6, 6.07) is 9.90. The number of rotatable bonds is 5. The minimum Gasteiger partial charge on any atom is -0.325 e. The molecule has 5 nitrogen and oxygen atoms in total. The maximum Gasteiger partial charge on any atom is 0.241 e. The number of imidazole rings is 1. The van der Waals surface area contributed by atoms with Crippen molar-refractivity contribution >= 4 is 32.7 Å². The van der Waals surface area contributed by atoms with E-state index in [9.17, 15) is 12.8 Å². The Balaban J connectivity index is 1.98. The van der Waals surface area contributed by atoms with Gasteiger partial charge in [0.25, 0.3) is 0 Å². The van der Waals surface area contributed by atoms with Crippen molar-refractivity contribution in [3.63, 3.8) is 0 Å². The standard InChI is InChI=1S/C17H17ClFN3O2S/c1-3-22-16-14(19)5-4-6-15(16)20-17(22)11(2)21-25(23,24)13-9-7-12(18)8-10-13/h4-11,21H,3H2,1-2H3/t11-/m1/s1. The molecule has 0 aliphatic rings. The molecule has 0 aliphatic carbocycles. The second-order valence-corrected chi connectivity index (χ2v) is 7.77. The summed E-state index contributed by atoms with van der Waals surface area (Å²) >= 11 is 5.80. The molecule has 0 spiro atoms. The largest absolute Gasteiger partial charge is 0.325 e. The molecule has 1 atom stereocenters. The number of nitrogens with zero attached hydrogens (tertiary/aromatic N) is 2. The number of para-hydroxylation sites is 1. The topological polar surface area (TPSA) is 64.0 Å². The van der Waals surface area contributed by atoms with Crippen LogP contribution in [0.5, 0.6) is 0 Å². The van der Waals surface area contributed by atoms with E-state index in [1.54, 1.807) is 23.6 Å². The van der Waals surface area contributed by atoms with Crippen LogP contribution in [0.2, 0.25) is 5.02 Å². The summed E-state index contributed by atoms with van der Waals surface area (Å²) in [5, 5.41) is 0.454. The van der Waals surface area contributed by atoms with Crippen molar-refractivity contribution < 1.29 is 12.8 Å². The summed E-state index contributed by atoms with van der Waals surface area (Å²) < 4.78 is 43.5. The van der Waals surface area contributed by atoms with E-state index in [2.05, 4.69) is 9.71 Å². The molecule has 2 aromatic carbocycles. The van der Waals surface area contributed by atoms with Gasteiger partial charge in [-0.05, 0) is 50.2 Å². The molecule has 0 aliphatic heterocycles. The highest BCUT2D eigenvalue weighted by Gasteiger charge is 2.23. The van der Waals surface area contributed by atoms with E-state index in [1.807, 2.05) is 6.92 Å². The van der Waals surface area contributed by atoms with Crippen LogP contribution in [0.3, 0.4) is 0 Å². The lowest BCUT2D eigenvalue weighted by atomic mass is 10.3. The fourth-order valence-corrected chi connectivity index (χ4v) is 4.10. The highest BCUT2D eigenvalue weighted by molar-refractivity contribution is 7.89. The highest BCUT2D eigenvalue weighted by atomic mass is 35.5. The molecule has 0 saturated carbocycles. The molecule has 132 valence electrons. The van der Waals surface area contributed by atoms with Crippen molar-refractivity contribution in [1.29, 1.82) is 0 Å². The quantitative estimate of drug-likeness (QED) is 0.729. The molecule has 0 saturated heterocycles. The summed E-state index contributed by atoms with van der Waals surface area (Å²) in [6.07, 6.45) is 0. The average Bonchev–Trinajstić information content (AvgIpc) is 2.95. The van der Waals surface area contributed by atoms with Gasteiger partial charge in [0, 0.05) is 11.6 Å². The molecule has 1 heterocycles. The second kappa shape index (κ2) is 6.74. The Labute approximate surface area is 150 Å². The van der Waals surface area contributed by atoms with Crippen molar-refractivity contribution in [3.05, 3.63) is 59.1 Å². The zero-order chi connectivity index (χ0) is 18.2. The van der Waals surface area contributed by atoms with Crippen LogP contribution in [0.15, 0.2) is 47.4 Å². The van der Waals surface area contributed by atoms with Gasteiger partial charge in [0.05, 0.1) is 16.5 Å². The summed E-state index contributed by atoms with van der Waals surface area (Å²) in [4.78, 5) is 4.52. The monoisotopic (exact) mass is 381 g/mol. The van der Waals surface area contributed by atoms with Crippen molar-refractivity contribution in [2.24, 2.45) is 0 Å². The number of sulfonamides is 1. The van der Waals surface area contributed by atoms with Crippen LogP contribution >= 0.6 is 11.6 Å². The van der Waals surface area contributed by atoms with Crippen molar-refractivity contribution in [1.82, 2.24) is 14.3 Å². The Morgan fingerprint density at radius 2 is 1.92 bits per heavy atom. The van der Waals surface area contributed by atoms with E-state index >= 15 is 0 Å². The van der Waals surface area contributed by atoms with Gasteiger partial charge in [-0.1, -0.05) is 17.7 Å². The molecule has 0 amide bonds. The van der Waals surface area contributed by atoms with E-state index in [-0.39, 0.29) is 10.7 Å². The number of benzene rings is 2. The lowest BCUT2D eigenvalue weighted by Crippen LogP contribution is -2.28. The third-order valence-corrected chi connectivity index (χ3v) is 5.71. The van der Waals surface area contributed by atoms with Gasteiger partial charge in [-0.15, -0.1) is 0 Å². The number of fused-ring (bicyclic) bond motifs is 1. The van der Waals surface area contributed by atoms with E-state index in [0.29, 0.717) is 28.4 Å². The van der Waals surface area contributed by atoms with E-state index in [4.69, 9.17) is 11.6 Å². The van der Waals surface area contributed by atoms with Gasteiger partial charge in [0.2, 0.25) is 10.0 Å². The minimum absolute atomic E-state index is 0.106. The molecule has 3 aromatic rings. The molecule has 3 rings (SSSR count). The van der Waals surface area contributed by atoms with Gasteiger partial charge in [-0.2, -0.15) is 0 Å². The molecule has 8 heteroatoms. The minimum atomic E-state index is -3.75. The number of aromatic nitrogens is 2. The number of halogens is 2. The summed E-state index contributed by atoms with van der Waals surface area (Å²) in [5.74, 6) is 0.0750. The Kier molecular flexibility index (Phi) is 4.81. The Morgan fingerprint density at radius 3 is 2.56 bits per heavy atom. The van der Waals surface area contributed by atoms with E-state index in [1.165, 1.54) is 30.3 Å².